The van der Waals surface area contributed by atoms with Gasteiger partial charge in [0.15, 0.2) is 0 Å². The largest absolute Gasteiger partial charge is 0.382 e. The van der Waals surface area contributed by atoms with E-state index >= 15 is 0 Å². The van der Waals surface area contributed by atoms with Gasteiger partial charge in [0.05, 0.1) is 18.3 Å². The number of anilines is 1. The third-order valence-electron chi connectivity index (χ3n) is 4.88. The van der Waals surface area contributed by atoms with Crippen molar-refractivity contribution in [1.29, 1.82) is 0 Å². The monoisotopic (exact) mass is 372 g/mol. The molecule has 27 heavy (non-hydrogen) atoms. The number of carbonyl (C=O) groups excluding carboxylic acids is 1. The fourth-order valence-electron chi connectivity index (χ4n) is 3.44. The number of nitrogens with one attached hydrogen (secondary N) is 1. The Kier molecular flexibility index (Phi) is 6.28. The minimum absolute atomic E-state index is 0.0639. The van der Waals surface area contributed by atoms with Gasteiger partial charge in [0.2, 0.25) is 0 Å². The Bertz CT molecular complexity index is 762. The standard InChI is InChI=1S/C19H28N6O2/c1-15-13-16(5-7-20-15)24-9-4-10-25(12-11-24)19(26)22-17(14-27-3)18-6-8-21-23(18)2/h5-8,13,17H,4,9-12,14H2,1-3H3,(H,22,26). The van der Waals surface area contributed by atoms with Crippen LogP contribution in [0.1, 0.15) is 23.9 Å². The number of ether oxygens (including phenoxy) is 1. The lowest BCUT2D eigenvalue weighted by atomic mass is 10.2. The average Bonchev–Trinajstić information content (AvgIpc) is 2.92. The average molecular weight is 372 g/mol. The van der Waals surface area contributed by atoms with Gasteiger partial charge >= 0.3 is 6.03 Å². The molecule has 146 valence electrons. The van der Waals surface area contributed by atoms with Crippen molar-refractivity contribution in [3.05, 3.63) is 42.0 Å². The first kappa shape index (κ1) is 19.2. The van der Waals surface area contributed by atoms with E-state index < -0.39 is 0 Å². The fourth-order valence-corrected chi connectivity index (χ4v) is 3.44. The number of carbonyl (C=O) groups is 1. The highest BCUT2D eigenvalue weighted by Gasteiger charge is 2.23. The first-order valence-electron chi connectivity index (χ1n) is 9.28. The Morgan fingerprint density at radius 1 is 1.26 bits per heavy atom. The van der Waals surface area contributed by atoms with Gasteiger partial charge in [0.25, 0.3) is 0 Å². The summed E-state index contributed by atoms with van der Waals surface area (Å²) in [6.45, 7) is 5.54. The van der Waals surface area contributed by atoms with Crippen molar-refractivity contribution < 1.29 is 9.53 Å². The van der Waals surface area contributed by atoms with E-state index in [9.17, 15) is 4.79 Å². The molecular formula is C19H28N6O2. The molecule has 1 saturated heterocycles. The van der Waals surface area contributed by atoms with E-state index in [1.165, 1.54) is 0 Å². The van der Waals surface area contributed by atoms with Gasteiger partial charge in [-0.2, -0.15) is 5.10 Å². The summed E-state index contributed by atoms with van der Waals surface area (Å²) >= 11 is 0. The Balaban J connectivity index is 1.62. The van der Waals surface area contributed by atoms with Crippen molar-refractivity contribution in [2.75, 3.05) is 44.8 Å². The Hall–Kier alpha value is -2.61. The van der Waals surface area contributed by atoms with Crippen molar-refractivity contribution in [2.45, 2.75) is 19.4 Å². The maximum absolute atomic E-state index is 12.8. The number of pyridine rings is 1. The number of hydrogen-bond acceptors (Lipinski definition) is 5. The summed E-state index contributed by atoms with van der Waals surface area (Å²) in [5.74, 6) is 0. The summed E-state index contributed by atoms with van der Waals surface area (Å²) in [5.41, 5.74) is 3.09. The summed E-state index contributed by atoms with van der Waals surface area (Å²) in [6, 6.07) is 5.73. The van der Waals surface area contributed by atoms with Crippen LogP contribution in [0.3, 0.4) is 0 Å². The molecule has 1 fully saturated rings. The van der Waals surface area contributed by atoms with Gasteiger partial charge in [-0.1, -0.05) is 0 Å². The highest BCUT2D eigenvalue weighted by atomic mass is 16.5. The Labute approximate surface area is 160 Å². The van der Waals surface area contributed by atoms with Crippen LogP contribution < -0.4 is 10.2 Å². The SMILES string of the molecule is COCC(NC(=O)N1CCCN(c2ccnc(C)c2)CC1)c1ccnn1C. The fraction of sp³-hybridized carbons (Fsp3) is 0.526. The number of methoxy groups -OCH3 is 1. The maximum Gasteiger partial charge on any atom is 0.318 e. The summed E-state index contributed by atoms with van der Waals surface area (Å²) < 4.78 is 7.06. The Morgan fingerprint density at radius 2 is 2.11 bits per heavy atom. The smallest absolute Gasteiger partial charge is 0.318 e. The molecular weight excluding hydrogens is 344 g/mol. The predicted molar refractivity (Wildman–Crippen MR) is 104 cm³/mol. The van der Waals surface area contributed by atoms with Gasteiger partial charge in [0.1, 0.15) is 0 Å². The first-order chi connectivity index (χ1) is 13.1. The van der Waals surface area contributed by atoms with E-state index in [0.29, 0.717) is 13.2 Å². The number of rotatable bonds is 5. The Morgan fingerprint density at radius 3 is 2.81 bits per heavy atom. The number of aryl methyl sites for hydroxylation is 2. The normalized spacial score (nSPS) is 16.1. The van der Waals surface area contributed by atoms with E-state index in [4.69, 9.17) is 4.74 Å². The second kappa shape index (κ2) is 8.85. The molecule has 0 aliphatic carbocycles. The van der Waals surface area contributed by atoms with Gasteiger partial charge < -0.3 is 19.9 Å². The van der Waals surface area contributed by atoms with Crippen LogP contribution in [0.5, 0.6) is 0 Å². The maximum atomic E-state index is 12.8. The molecule has 1 unspecified atom stereocenters. The molecule has 2 aromatic rings. The van der Waals surface area contributed by atoms with Crippen LogP contribution in [0.25, 0.3) is 0 Å². The van der Waals surface area contributed by atoms with Gasteiger partial charge in [-0.3, -0.25) is 9.67 Å². The van der Waals surface area contributed by atoms with Crippen LogP contribution in [0.15, 0.2) is 30.6 Å². The van der Waals surface area contributed by atoms with Crippen LogP contribution in [-0.2, 0) is 11.8 Å². The van der Waals surface area contributed by atoms with Crippen molar-refractivity contribution in [3.63, 3.8) is 0 Å². The molecule has 8 nitrogen and oxygen atoms in total. The second-order valence-electron chi connectivity index (χ2n) is 6.82. The molecule has 2 aromatic heterocycles. The molecule has 1 aliphatic heterocycles. The van der Waals surface area contributed by atoms with Gasteiger partial charge in [-0.05, 0) is 31.5 Å². The van der Waals surface area contributed by atoms with Crippen LogP contribution in [0.4, 0.5) is 10.5 Å². The number of nitrogens with zero attached hydrogens (tertiary/aromatic N) is 5. The summed E-state index contributed by atoms with van der Waals surface area (Å²) in [7, 11) is 3.50. The second-order valence-corrected chi connectivity index (χ2v) is 6.82. The van der Waals surface area contributed by atoms with E-state index in [1.54, 1.807) is 18.0 Å². The molecule has 0 saturated carbocycles. The summed E-state index contributed by atoms with van der Waals surface area (Å²) in [6.07, 6.45) is 4.49. The molecule has 1 N–H and O–H groups in total. The van der Waals surface area contributed by atoms with E-state index in [1.807, 2.05) is 37.2 Å². The van der Waals surface area contributed by atoms with Gasteiger partial charge in [0, 0.05) is 64.1 Å². The van der Waals surface area contributed by atoms with Crippen LogP contribution >= 0.6 is 0 Å². The van der Waals surface area contributed by atoms with Crippen molar-refractivity contribution >= 4 is 11.7 Å². The highest BCUT2D eigenvalue weighted by Crippen LogP contribution is 2.18. The molecule has 0 aromatic carbocycles. The van der Waals surface area contributed by atoms with Crippen LogP contribution in [-0.4, -0.2) is 65.6 Å². The molecule has 0 radical (unpaired) electrons. The molecule has 3 heterocycles. The van der Waals surface area contributed by atoms with Gasteiger partial charge in [-0.15, -0.1) is 0 Å². The molecule has 1 aliphatic rings. The topological polar surface area (TPSA) is 75.5 Å². The van der Waals surface area contributed by atoms with E-state index in [-0.39, 0.29) is 12.1 Å². The summed E-state index contributed by atoms with van der Waals surface area (Å²) in [5, 5.41) is 7.28. The number of urea groups is 1. The molecule has 2 amide bonds. The lowest BCUT2D eigenvalue weighted by Crippen LogP contribution is -2.44. The molecule has 0 bridgehead atoms. The molecule has 8 heteroatoms. The van der Waals surface area contributed by atoms with Crippen molar-refractivity contribution in [2.24, 2.45) is 7.05 Å². The third-order valence-corrected chi connectivity index (χ3v) is 4.88. The predicted octanol–water partition coefficient (Wildman–Crippen LogP) is 1.73. The zero-order valence-electron chi connectivity index (χ0n) is 16.3. The lowest BCUT2D eigenvalue weighted by Gasteiger charge is -2.26. The van der Waals surface area contributed by atoms with E-state index in [2.05, 4.69) is 26.4 Å². The highest BCUT2D eigenvalue weighted by molar-refractivity contribution is 5.75. The number of hydrogen-bond donors (Lipinski definition) is 1. The number of amides is 2. The quantitative estimate of drug-likeness (QED) is 0.865. The van der Waals surface area contributed by atoms with Crippen molar-refractivity contribution in [1.82, 2.24) is 25.0 Å². The van der Waals surface area contributed by atoms with E-state index in [0.717, 1.165) is 43.1 Å². The van der Waals surface area contributed by atoms with Crippen LogP contribution in [0, 0.1) is 6.92 Å². The number of aromatic nitrogens is 3. The van der Waals surface area contributed by atoms with Crippen LogP contribution in [0.2, 0.25) is 0 Å². The molecule has 0 spiro atoms. The van der Waals surface area contributed by atoms with Crippen molar-refractivity contribution in [3.8, 4) is 0 Å². The minimum Gasteiger partial charge on any atom is -0.382 e. The third kappa shape index (κ3) is 4.77. The van der Waals surface area contributed by atoms with Gasteiger partial charge in [-0.25, -0.2) is 4.79 Å². The summed E-state index contributed by atoms with van der Waals surface area (Å²) in [4.78, 5) is 21.3. The molecule has 1 atom stereocenters. The first-order valence-corrected chi connectivity index (χ1v) is 9.28. The zero-order chi connectivity index (χ0) is 19.2. The zero-order valence-corrected chi connectivity index (χ0v) is 16.3. The lowest BCUT2D eigenvalue weighted by molar-refractivity contribution is 0.153. The molecule has 3 rings (SSSR count). The minimum atomic E-state index is -0.225.